The maximum Gasteiger partial charge on any atom is 0.330 e. The van der Waals surface area contributed by atoms with E-state index >= 15 is 0 Å². The largest absolute Gasteiger partial charge is 0.394 e. The van der Waals surface area contributed by atoms with Crippen LogP contribution in [0, 0.1) is 11.3 Å². The Bertz CT molecular complexity index is 727. The van der Waals surface area contributed by atoms with Gasteiger partial charge in [0.1, 0.15) is 31.9 Å². The van der Waals surface area contributed by atoms with E-state index in [2.05, 4.69) is 4.98 Å². The minimum Gasteiger partial charge on any atom is -0.394 e. The van der Waals surface area contributed by atoms with Gasteiger partial charge in [-0.25, -0.2) is 4.79 Å². The predicted octanol–water partition coefficient (Wildman–Crippen LogP) is -1.58. The topological polar surface area (TPSA) is 156 Å². The number of ether oxygens (including phenoxy) is 4. The molecule has 1 aliphatic heterocycles. The Hall–Kier alpha value is -2.07. The van der Waals surface area contributed by atoms with Gasteiger partial charge in [0, 0.05) is 12.3 Å². The molecular formula is C15H21N3O8. The molecule has 0 saturated carbocycles. The van der Waals surface area contributed by atoms with Crippen LogP contribution in [-0.2, 0) is 18.9 Å². The highest BCUT2D eigenvalue weighted by Gasteiger charge is 2.45. The Balaban J connectivity index is 1.98. The average Bonchev–Trinajstić information content (AvgIpc) is 2.91. The molecule has 0 bridgehead atoms. The van der Waals surface area contributed by atoms with Crippen LogP contribution in [0.25, 0.3) is 0 Å². The van der Waals surface area contributed by atoms with Crippen molar-refractivity contribution < 1.29 is 29.2 Å². The molecule has 144 valence electrons. The summed E-state index contributed by atoms with van der Waals surface area (Å²) in [6.45, 7) is 0.827. The van der Waals surface area contributed by atoms with Crippen molar-refractivity contribution in [2.75, 3.05) is 20.2 Å². The molecule has 0 aliphatic carbocycles. The third-order valence-corrected chi connectivity index (χ3v) is 3.78. The van der Waals surface area contributed by atoms with E-state index in [0.717, 1.165) is 10.6 Å². The highest BCUT2D eigenvalue weighted by molar-refractivity contribution is 4.93. The van der Waals surface area contributed by atoms with Crippen LogP contribution in [-0.4, -0.2) is 64.4 Å². The first-order chi connectivity index (χ1) is 12.5. The smallest absolute Gasteiger partial charge is 0.330 e. The molecular weight excluding hydrogens is 350 g/mol. The summed E-state index contributed by atoms with van der Waals surface area (Å²) >= 11 is 0. The van der Waals surface area contributed by atoms with Crippen molar-refractivity contribution in [1.29, 1.82) is 5.26 Å². The maximum absolute atomic E-state index is 11.9. The van der Waals surface area contributed by atoms with Gasteiger partial charge in [0.15, 0.2) is 6.23 Å². The summed E-state index contributed by atoms with van der Waals surface area (Å²) in [5.74, 6) is 0. The standard InChI is InChI=1S/C15H21N3O8/c1-9(2-4-16)24-7-23-8-25-13-12(21)10(6-19)26-14(13)18-5-3-11(20)17-15(18)22/h3,5,9-10,12-14,19,21H,2,6-8H2,1H3,(H,17,20,22)/t9?,10?,12-,13?,14?/m0/s1. The Morgan fingerprint density at radius 1 is 1.46 bits per heavy atom. The van der Waals surface area contributed by atoms with Gasteiger partial charge >= 0.3 is 5.69 Å². The highest BCUT2D eigenvalue weighted by atomic mass is 16.7. The van der Waals surface area contributed by atoms with Crippen molar-refractivity contribution in [3.63, 3.8) is 0 Å². The number of aliphatic hydroxyl groups is 2. The molecule has 5 atom stereocenters. The van der Waals surface area contributed by atoms with Crippen molar-refractivity contribution in [1.82, 2.24) is 9.55 Å². The zero-order chi connectivity index (χ0) is 19.1. The number of aromatic nitrogens is 2. The van der Waals surface area contributed by atoms with Crippen LogP contribution in [0.4, 0.5) is 0 Å². The van der Waals surface area contributed by atoms with Crippen LogP contribution in [0.15, 0.2) is 21.9 Å². The van der Waals surface area contributed by atoms with E-state index in [-0.39, 0.29) is 26.1 Å². The summed E-state index contributed by atoms with van der Waals surface area (Å²) in [5.41, 5.74) is -1.32. The van der Waals surface area contributed by atoms with Gasteiger partial charge in [-0.1, -0.05) is 0 Å². The number of nitriles is 1. The minimum absolute atomic E-state index is 0.126. The molecule has 0 spiro atoms. The normalized spacial score (nSPS) is 26.5. The van der Waals surface area contributed by atoms with E-state index in [0.29, 0.717) is 0 Å². The fraction of sp³-hybridized carbons (Fsp3) is 0.667. The van der Waals surface area contributed by atoms with Gasteiger partial charge in [-0.2, -0.15) is 5.26 Å². The van der Waals surface area contributed by atoms with Crippen molar-refractivity contribution in [3.05, 3.63) is 33.1 Å². The van der Waals surface area contributed by atoms with Gasteiger partial charge in [0.2, 0.25) is 0 Å². The molecule has 26 heavy (non-hydrogen) atoms. The lowest BCUT2D eigenvalue weighted by atomic mass is 10.1. The molecule has 11 heteroatoms. The predicted molar refractivity (Wildman–Crippen MR) is 84.8 cm³/mol. The molecule has 2 heterocycles. The van der Waals surface area contributed by atoms with Crippen LogP contribution in [0.1, 0.15) is 19.6 Å². The molecule has 4 unspecified atom stereocenters. The first-order valence-electron chi connectivity index (χ1n) is 7.91. The lowest BCUT2D eigenvalue weighted by Crippen LogP contribution is -2.39. The summed E-state index contributed by atoms with van der Waals surface area (Å²) in [6, 6.07) is 3.09. The van der Waals surface area contributed by atoms with E-state index in [1.807, 2.05) is 6.07 Å². The number of hydrogen-bond acceptors (Lipinski definition) is 9. The first-order valence-corrected chi connectivity index (χ1v) is 7.91. The molecule has 1 aromatic heterocycles. The SMILES string of the molecule is CC(CC#N)OCOCOC1C(n2ccc(=O)[nH]c2=O)OC(CO)[C@@H]1O. The second-order valence-electron chi connectivity index (χ2n) is 5.67. The number of hydrogen-bond donors (Lipinski definition) is 3. The fourth-order valence-electron chi connectivity index (χ4n) is 2.41. The summed E-state index contributed by atoms with van der Waals surface area (Å²) in [7, 11) is 0. The molecule has 0 amide bonds. The van der Waals surface area contributed by atoms with Crippen molar-refractivity contribution >= 4 is 0 Å². The van der Waals surface area contributed by atoms with Crippen LogP contribution in [0.2, 0.25) is 0 Å². The van der Waals surface area contributed by atoms with Gasteiger partial charge in [-0.3, -0.25) is 14.3 Å². The lowest BCUT2D eigenvalue weighted by molar-refractivity contribution is -0.183. The fourth-order valence-corrected chi connectivity index (χ4v) is 2.41. The molecule has 1 fully saturated rings. The molecule has 0 radical (unpaired) electrons. The second-order valence-corrected chi connectivity index (χ2v) is 5.67. The van der Waals surface area contributed by atoms with E-state index in [1.54, 1.807) is 6.92 Å². The zero-order valence-electron chi connectivity index (χ0n) is 14.1. The molecule has 1 saturated heterocycles. The van der Waals surface area contributed by atoms with Crippen LogP contribution >= 0.6 is 0 Å². The molecule has 1 aliphatic rings. The van der Waals surface area contributed by atoms with Gasteiger partial charge in [0.05, 0.1) is 25.2 Å². The van der Waals surface area contributed by atoms with Crippen LogP contribution in [0.5, 0.6) is 0 Å². The van der Waals surface area contributed by atoms with E-state index in [4.69, 9.17) is 24.2 Å². The number of H-pyrrole nitrogens is 1. The Kier molecular flexibility index (Phi) is 7.46. The first kappa shape index (κ1) is 20.2. The average molecular weight is 371 g/mol. The van der Waals surface area contributed by atoms with Gasteiger partial charge in [-0.15, -0.1) is 0 Å². The Morgan fingerprint density at radius 3 is 2.88 bits per heavy atom. The van der Waals surface area contributed by atoms with Crippen LogP contribution in [0.3, 0.4) is 0 Å². The van der Waals surface area contributed by atoms with Crippen molar-refractivity contribution in [2.24, 2.45) is 0 Å². The summed E-state index contributed by atoms with van der Waals surface area (Å²) < 4.78 is 22.3. The monoisotopic (exact) mass is 371 g/mol. The summed E-state index contributed by atoms with van der Waals surface area (Å²) in [5, 5.41) is 28.0. The van der Waals surface area contributed by atoms with Gasteiger partial charge in [0.25, 0.3) is 5.56 Å². The van der Waals surface area contributed by atoms with Crippen molar-refractivity contribution in [3.8, 4) is 6.07 Å². The van der Waals surface area contributed by atoms with E-state index < -0.39 is 42.4 Å². The van der Waals surface area contributed by atoms with Crippen molar-refractivity contribution in [2.45, 2.75) is 44.0 Å². The third kappa shape index (κ3) is 4.98. The number of aromatic amines is 1. The van der Waals surface area contributed by atoms with Gasteiger partial charge in [-0.05, 0) is 6.92 Å². The Morgan fingerprint density at radius 2 is 2.23 bits per heavy atom. The molecule has 0 aromatic carbocycles. The molecule has 11 nitrogen and oxygen atoms in total. The number of nitrogens with zero attached hydrogens (tertiary/aromatic N) is 2. The molecule has 3 N–H and O–H groups in total. The highest BCUT2D eigenvalue weighted by Crippen LogP contribution is 2.30. The number of aliphatic hydroxyl groups excluding tert-OH is 2. The lowest BCUT2D eigenvalue weighted by Gasteiger charge is -2.22. The quantitative estimate of drug-likeness (QED) is 0.344. The summed E-state index contributed by atoms with van der Waals surface area (Å²) in [4.78, 5) is 25.2. The Labute approximate surface area is 148 Å². The van der Waals surface area contributed by atoms with E-state index in [1.165, 1.54) is 6.20 Å². The second kappa shape index (κ2) is 9.58. The van der Waals surface area contributed by atoms with Gasteiger partial charge < -0.3 is 29.2 Å². The zero-order valence-corrected chi connectivity index (χ0v) is 14.1. The third-order valence-electron chi connectivity index (χ3n) is 3.78. The molecule has 2 rings (SSSR count). The van der Waals surface area contributed by atoms with Crippen LogP contribution < -0.4 is 11.2 Å². The number of nitrogens with one attached hydrogen (secondary N) is 1. The molecule has 1 aromatic rings. The maximum atomic E-state index is 11.9. The minimum atomic E-state index is -1.22. The van der Waals surface area contributed by atoms with E-state index in [9.17, 15) is 19.8 Å². The number of rotatable bonds is 9. The summed E-state index contributed by atoms with van der Waals surface area (Å²) in [6.07, 6.45) is -3.13.